The fourth-order valence-corrected chi connectivity index (χ4v) is 3.94. The maximum atomic E-state index is 6.19. The van der Waals surface area contributed by atoms with Gasteiger partial charge in [-0.05, 0) is 50.9 Å². The van der Waals surface area contributed by atoms with E-state index in [-0.39, 0.29) is 6.04 Å². The Labute approximate surface area is 168 Å². The summed E-state index contributed by atoms with van der Waals surface area (Å²) in [5, 5.41) is 5.18. The van der Waals surface area contributed by atoms with Crippen LogP contribution in [0.15, 0.2) is 35.0 Å². The molecule has 140 valence electrons. The maximum Gasteiger partial charge on any atom is 0.170 e. The number of halogens is 2. The molecule has 0 bridgehead atoms. The molecule has 4 rings (SSSR count). The van der Waals surface area contributed by atoms with Crippen LogP contribution in [0, 0.1) is 13.8 Å². The first-order valence-electron chi connectivity index (χ1n) is 8.96. The highest BCUT2D eigenvalue weighted by molar-refractivity contribution is 6.42. The zero-order valence-corrected chi connectivity index (χ0v) is 16.8. The van der Waals surface area contributed by atoms with E-state index < -0.39 is 0 Å². The molecule has 3 heterocycles. The van der Waals surface area contributed by atoms with Crippen LogP contribution in [0.2, 0.25) is 10.0 Å². The summed E-state index contributed by atoms with van der Waals surface area (Å²) in [6.07, 6.45) is 4.00. The molecule has 0 unspecified atom stereocenters. The van der Waals surface area contributed by atoms with E-state index in [1.807, 2.05) is 44.3 Å². The SMILES string of the molecule is Cc1cc(-c2cnc(C)nc2[C@H]2CCCN2Cc2ccc(Cl)c(Cl)c2)on1. The molecule has 0 spiro atoms. The normalized spacial score (nSPS) is 17.6. The maximum absolute atomic E-state index is 6.19. The zero-order valence-electron chi connectivity index (χ0n) is 15.2. The molecule has 0 radical (unpaired) electrons. The van der Waals surface area contributed by atoms with Crippen LogP contribution in [0.1, 0.15) is 41.7 Å². The number of nitrogens with zero attached hydrogens (tertiary/aromatic N) is 4. The Hall–Kier alpha value is -1.95. The van der Waals surface area contributed by atoms with Gasteiger partial charge in [0.15, 0.2) is 5.76 Å². The van der Waals surface area contributed by atoms with Crippen LogP contribution >= 0.6 is 23.2 Å². The fourth-order valence-electron chi connectivity index (χ4n) is 3.62. The van der Waals surface area contributed by atoms with Gasteiger partial charge in [0.25, 0.3) is 0 Å². The minimum atomic E-state index is 0.196. The van der Waals surface area contributed by atoms with E-state index in [0.29, 0.717) is 15.8 Å². The van der Waals surface area contributed by atoms with Crippen molar-refractivity contribution in [3.8, 4) is 11.3 Å². The van der Waals surface area contributed by atoms with Crippen LogP contribution in [0.5, 0.6) is 0 Å². The minimum Gasteiger partial charge on any atom is -0.356 e. The number of rotatable bonds is 4. The third-order valence-corrected chi connectivity index (χ3v) is 5.62. The number of hydrogen-bond acceptors (Lipinski definition) is 5. The molecule has 1 fully saturated rings. The van der Waals surface area contributed by atoms with E-state index in [4.69, 9.17) is 32.7 Å². The van der Waals surface area contributed by atoms with Crippen LogP contribution in [-0.2, 0) is 6.54 Å². The van der Waals surface area contributed by atoms with Crippen LogP contribution in [0.4, 0.5) is 0 Å². The predicted molar refractivity (Wildman–Crippen MR) is 106 cm³/mol. The lowest BCUT2D eigenvalue weighted by molar-refractivity contribution is 0.244. The Morgan fingerprint density at radius 3 is 2.78 bits per heavy atom. The molecule has 1 aliphatic rings. The van der Waals surface area contributed by atoms with E-state index in [1.165, 1.54) is 0 Å². The van der Waals surface area contributed by atoms with Crippen molar-refractivity contribution in [2.75, 3.05) is 6.54 Å². The van der Waals surface area contributed by atoms with Crippen molar-refractivity contribution in [3.05, 3.63) is 63.3 Å². The lowest BCUT2D eigenvalue weighted by Crippen LogP contribution is -2.24. The average Bonchev–Trinajstić information content (AvgIpc) is 3.27. The number of likely N-dealkylation sites (tertiary alicyclic amines) is 1. The van der Waals surface area contributed by atoms with Crippen molar-refractivity contribution >= 4 is 23.2 Å². The Morgan fingerprint density at radius 2 is 2.04 bits per heavy atom. The third-order valence-electron chi connectivity index (χ3n) is 4.88. The second kappa shape index (κ2) is 7.58. The van der Waals surface area contributed by atoms with Crippen molar-refractivity contribution in [2.24, 2.45) is 0 Å². The monoisotopic (exact) mass is 402 g/mol. The van der Waals surface area contributed by atoms with Crippen molar-refractivity contribution in [3.63, 3.8) is 0 Å². The summed E-state index contributed by atoms with van der Waals surface area (Å²) in [5.41, 5.74) is 3.89. The van der Waals surface area contributed by atoms with Gasteiger partial charge >= 0.3 is 0 Å². The number of aromatic nitrogens is 3. The summed E-state index contributed by atoms with van der Waals surface area (Å²) in [4.78, 5) is 11.6. The topological polar surface area (TPSA) is 55.1 Å². The van der Waals surface area contributed by atoms with Gasteiger partial charge in [0.1, 0.15) is 5.82 Å². The molecule has 7 heteroatoms. The lowest BCUT2D eigenvalue weighted by Gasteiger charge is -2.25. The lowest BCUT2D eigenvalue weighted by atomic mass is 10.0. The van der Waals surface area contributed by atoms with Crippen LogP contribution in [0.3, 0.4) is 0 Å². The number of hydrogen-bond donors (Lipinski definition) is 0. The van der Waals surface area contributed by atoms with E-state index in [9.17, 15) is 0 Å². The van der Waals surface area contributed by atoms with E-state index >= 15 is 0 Å². The van der Waals surface area contributed by atoms with Gasteiger partial charge in [0.05, 0.1) is 33.0 Å². The average molecular weight is 403 g/mol. The Balaban J connectivity index is 1.67. The molecule has 0 N–H and O–H groups in total. The second-order valence-electron chi connectivity index (χ2n) is 6.93. The summed E-state index contributed by atoms with van der Waals surface area (Å²) < 4.78 is 5.49. The smallest absolute Gasteiger partial charge is 0.170 e. The van der Waals surface area contributed by atoms with Gasteiger partial charge in [-0.1, -0.05) is 34.4 Å². The molecule has 0 aliphatic carbocycles. The highest BCUT2D eigenvalue weighted by Gasteiger charge is 2.30. The molecule has 0 saturated carbocycles. The highest BCUT2D eigenvalue weighted by Crippen LogP contribution is 2.37. The molecule has 0 amide bonds. The van der Waals surface area contributed by atoms with Gasteiger partial charge in [-0.3, -0.25) is 4.90 Å². The summed E-state index contributed by atoms with van der Waals surface area (Å²) in [5.74, 6) is 1.47. The van der Waals surface area contributed by atoms with Crippen LogP contribution in [-0.4, -0.2) is 26.6 Å². The molecule has 1 atom stereocenters. The summed E-state index contributed by atoms with van der Waals surface area (Å²) in [6.45, 7) is 5.62. The third kappa shape index (κ3) is 3.86. The molecular formula is C20H20Cl2N4O. The van der Waals surface area contributed by atoms with Crippen LogP contribution in [0.25, 0.3) is 11.3 Å². The van der Waals surface area contributed by atoms with Gasteiger partial charge in [0, 0.05) is 18.8 Å². The minimum absolute atomic E-state index is 0.196. The van der Waals surface area contributed by atoms with Crippen molar-refractivity contribution in [1.82, 2.24) is 20.0 Å². The largest absolute Gasteiger partial charge is 0.356 e. The standard InChI is InChI=1S/C20H20Cl2N4O/c1-12-8-19(27-25-12)15-10-23-13(2)24-20(15)18-4-3-7-26(18)11-14-5-6-16(21)17(22)9-14/h5-6,8-10,18H,3-4,7,11H2,1-2H3/t18-/m1/s1. The summed E-state index contributed by atoms with van der Waals surface area (Å²) in [6, 6.07) is 7.93. The molecule has 3 aromatic rings. The second-order valence-corrected chi connectivity index (χ2v) is 7.74. The molecule has 5 nitrogen and oxygen atoms in total. The predicted octanol–water partition coefficient (Wildman–Crippen LogP) is 5.39. The highest BCUT2D eigenvalue weighted by atomic mass is 35.5. The Morgan fingerprint density at radius 1 is 1.19 bits per heavy atom. The molecule has 2 aromatic heterocycles. The van der Waals surface area contributed by atoms with E-state index in [0.717, 1.165) is 54.3 Å². The van der Waals surface area contributed by atoms with E-state index in [2.05, 4.69) is 15.0 Å². The summed E-state index contributed by atoms with van der Waals surface area (Å²) in [7, 11) is 0. The fraction of sp³-hybridized carbons (Fsp3) is 0.350. The van der Waals surface area contributed by atoms with Gasteiger partial charge in [-0.15, -0.1) is 0 Å². The number of benzene rings is 1. The van der Waals surface area contributed by atoms with Gasteiger partial charge in [-0.25, -0.2) is 9.97 Å². The van der Waals surface area contributed by atoms with Crippen LogP contribution < -0.4 is 0 Å². The number of aryl methyl sites for hydroxylation is 2. The molecule has 1 aliphatic heterocycles. The molecular weight excluding hydrogens is 383 g/mol. The Kier molecular flexibility index (Phi) is 5.17. The quantitative estimate of drug-likeness (QED) is 0.585. The van der Waals surface area contributed by atoms with Crippen molar-refractivity contribution in [2.45, 2.75) is 39.3 Å². The molecule has 27 heavy (non-hydrogen) atoms. The van der Waals surface area contributed by atoms with E-state index in [1.54, 1.807) is 0 Å². The zero-order chi connectivity index (χ0) is 19.0. The first-order chi connectivity index (χ1) is 13.0. The van der Waals surface area contributed by atoms with Gasteiger partial charge < -0.3 is 4.52 Å². The van der Waals surface area contributed by atoms with Gasteiger partial charge in [0.2, 0.25) is 0 Å². The van der Waals surface area contributed by atoms with Crippen molar-refractivity contribution in [1.29, 1.82) is 0 Å². The van der Waals surface area contributed by atoms with Gasteiger partial charge in [-0.2, -0.15) is 0 Å². The first kappa shape index (κ1) is 18.4. The first-order valence-corrected chi connectivity index (χ1v) is 9.72. The Bertz CT molecular complexity index is 972. The molecule has 1 aromatic carbocycles. The molecule has 1 saturated heterocycles. The van der Waals surface area contributed by atoms with Crippen molar-refractivity contribution < 1.29 is 4.52 Å². The summed E-state index contributed by atoms with van der Waals surface area (Å²) >= 11 is 12.2.